The summed E-state index contributed by atoms with van der Waals surface area (Å²) in [6, 6.07) is 8.17. The highest BCUT2D eigenvalue weighted by Crippen LogP contribution is 2.41. The number of nitro benzene ring substituents is 1. The predicted octanol–water partition coefficient (Wildman–Crippen LogP) is 5.33. The van der Waals surface area contributed by atoms with Crippen molar-refractivity contribution in [1.29, 1.82) is 0 Å². The van der Waals surface area contributed by atoms with E-state index in [0.717, 1.165) is 37.0 Å². The molecule has 1 aliphatic rings. The Bertz CT molecular complexity index is 1040. The summed E-state index contributed by atoms with van der Waals surface area (Å²) in [5.41, 5.74) is 1.98. The number of rotatable bonds is 3. The van der Waals surface area contributed by atoms with Crippen LogP contribution in [0.5, 0.6) is 5.75 Å². The Labute approximate surface area is 153 Å². The second kappa shape index (κ2) is 6.46. The molecule has 1 N–H and O–H groups in total. The fraction of sp³-hybridized carbons (Fsp3) is 0.211. The molecule has 2 aromatic carbocycles. The van der Waals surface area contributed by atoms with Crippen molar-refractivity contribution in [1.82, 2.24) is 0 Å². The van der Waals surface area contributed by atoms with Crippen LogP contribution in [0.1, 0.15) is 29.7 Å². The van der Waals surface area contributed by atoms with Crippen LogP contribution in [0.3, 0.4) is 0 Å². The number of hydrogen-bond donors (Lipinski definition) is 1. The molecule has 26 heavy (non-hydrogen) atoms. The zero-order chi connectivity index (χ0) is 18.3. The summed E-state index contributed by atoms with van der Waals surface area (Å²) in [4.78, 5) is 15.1. The smallest absolute Gasteiger partial charge is 0.315 e. The number of benzene rings is 2. The van der Waals surface area contributed by atoms with Crippen molar-refractivity contribution in [2.24, 2.45) is 4.99 Å². The summed E-state index contributed by atoms with van der Waals surface area (Å²) in [7, 11) is 0. The van der Waals surface area contributed by atoms with Crippen molar-refractivity contribution in [2.45, 2.75) is 25.7 Å². The predicted molar refractivity (Wildman–Crippen MR) is 99.9 cm³/mol. The lowest BCUT2D eigenvalue weighted by Gasteiger charge is -2.10. The summed E-state index contributed by atoms with van der Waals surface area (Å²) in [5.74, 6) is 0.446. The molecule has 0 spiro atoms. The SMILES string of the molecule is O=[N+]([O-])c1cc2oc3c(c2c(C=Nc2ccc(Cl)cc2)c1O)CCCC3. The summed E-state index contributed by atoms with van der Waals surface area (Å²) < 4.78 is 5.85. The van der Waals surface area contributed by atoms with E-state index >= 15 is 0 Å². The molecule has 0 aliphatic heterocycles. The third-order valence-corrected chi connectivity index (χ3v) is 4.85. The van der Waals surface area contributed by atoms with E-state index in [2.05, 4.69) is 4.99 Å². The van der Waals surface area contributed by atoms with Crippen LogP contribution in [-0.2, 0) is 12.8 Å². The fourth-order valence-corrected chi connectivity index (χ4v) is 3.49. The van der Waals surface area contributed by atoms with Crippen LogP contribution in [0.2, 0.25) is 5.02 Å². The number of aliphatic imine (C=N–C) groups is 1. The Kier molecular flexibility index (Phi) is 4.12. The van der Waals surface area contributed by atoms with Gasteiger partial charge in [-0.15, -0.1) is 0 Å². The number of hydrogen-bond acceptors (Lipinski definition) is 5. The zero-order valence-electron chi connectivity index (χ0n) is 13.7. The van der Waals surface area contributed by atoms with E-state index in [9.17, 15) is 15.2 Å². The minimum absolute atomic E-state index is 0.316. The Morgan fingerprint density at radius 1 is 1.23 bits per heavy atom. The number of nitro groups is 1. The zero-order valence-corrected chi connectivity index (χ0v) is 14.5. The van der Waals surface area contributed by atoms with E-state index in [1.165, 1.54) is 12.3 Å². The van der Waals surface area contributed by atoms with Gasteiger partial charge in [0.1, 0.15) is 11.3 Å². The number of aryl methyl sites for hydroxylation is 2. The lowest BCUT2D eigenvalue weighted by atomic mass is 9.93. The monoisotopic (exact) mass is 370 g/mol. The van der Waals surface area contributed by atoms with Gasteiger partial charge in [-0.3, -0.25) is 15.1 Å². The first kappa shape index (κ1) is 16.6. The molecule has 1 aliphatic carbocycles. The van der Waals surface area contributed by atoms with Gasteiger partial charge in [0, 0.05) is 28.6 Å². The van der Waals surface area contributed by atoms with Gasteiger partial charge in [-0.2, -0.15) is 0 Å². The summed E-state index contributed by atoms with van der Waals surface area (Å²) in [6.07, 6.45) is 5.12. The minimum atomic E-state index is -0.615. The van der Waals surface area contributed by atoms with Gasteiger partial charge >= 0.3 is 5.69 Å². The third kappa shape index (κ3) is 2.82. The van der Waals surface area contributed by atoms with Crippen molar-refractivity contribution in [3.63, 3.8) is 0 Å². The normalized spacial score (nSPS) is 14.0. The van der Waals surface area contributed by atoms with E-state index in [1.54, 1.807) is 24.3 Å². The third-order valence-electron chi connectivity index (χ3n) is 4.60. The highest BCUT2D eigenvalue weighted by molar-refractivity contribution is 6.30. The average molecular weight is 371 g/mol. The van der Waals surface area contributed by atoms with E-state index in [4.69, 9.17) is 16.0 Å². The van der Waals surface area contributed by atoms with Gasteiger partial charge in [0.05, 0.1) is 22.2 Å². The van der Waals surface area contributed by atoms with E-state index in [-0.39, 0.29) is 5.69 Å². The number of furan rings is 1. The van der Waals surface area contributed by atoms with Gasteiger partial charge in [0.2, 0.25) is 5.75 Å². The maximum atomic E-state index is 11.3. The van der Waals surface area contributed by atoms with Gasteiger partial charge in [0.25, 0.3) is 0 Å². The molecule has 0 amide bonds. The molecule has 4 rings (SSSR count). The van der Waals surface area contributed by atoms with Crippen molar-refractivity contribution < 1.29 is 14.4 Å². The van der Waals surface area contributed by atoms with Crippen LogP contribution in [0.15, 0.2) is 39.7 Å². The molecule has 0 saturated heterocycles. The van der Waals surface area contributed by atoms with Crippen LogP contribution in [0.4, 0.5) is 11.4 Å². The average Bonchev–Trinajstić information content (AvgIpc) is 3.00. The maximum absolute atomic E-state index is 11.3. The number of fused-ring (bicyclic) bond motifs is 3. The molecule has 6 nitrogen and oxygen atoms in total. The maximum Gasteiger partial charge on any atom is 0.315 e. The first-order chi connectivity index (χ1) is 12.5. The molecule has 0 fully saturated rings. The highest BCUT2D eigenvalue weighted by atomic mass is 35.5. The van der Waals surface area contributed by atoms with Crippen molar-refractivity contribution in [3.05, 3.63) is 62.4 Å². The van der Waals surface area contributed by atoms with Gasteiger partial charge in [-0.1, -0.05) is 11.6 Å². The molecule has 0 radical (unpaired) electrons. The molecule has 0 unspecified atom stereocenters. The van der Waals surface area contributed by atoms with Crippen LogP contribution >= 0.6 is 11.6 Å². The van der Waals surface area contributed by atoms with Gasteiger partial charge in [-0.05, 0) is 43.5 Å². The molecule has 0 saturated carbocycles. The van der Waals surface area contributed by atoms with Crippen LogP contribution < -0.4 is 0 Å². The molecule has 3 aromatic rings. The molecule has 7 heteroatoms. The minimum Gasteiger partial charge on any atom is -0.502 e. The number of aromatic hydroxyl groups is 1. The molecule has 1 heterocycles. The molecule has 1 aromatic heterocycles. The number of phenolic OH excluding ortho intramolecular Hbond substituents is 1. The van der Waals surface area contributed by atoms with Gasteiger partial charge in [0.15, 0.2) is 0 Å². The Balaban J connectivity index is 1.92. The van der Waals surface area contributed by atoms with Gasteiger partial charge < -0.3 is 9.52 Å². The quantitative estimate of drug-likeness (QED) is 0.383. The number of nitrogens with zero attached hydrogens (tertiary/aromatic N) is 2. The van der Waals surface area contributed by atoms with Crippen LogP contribution in [-0.4, -0.2) is 16.2 Å². The van der Waals surface area contributed by atoms with Crippen LogP contribution in [0, 0.1) is 10.1 Å². The molecule has 0 bridgehead atoms. The summed E-state index contributed by atoms with van der Waals surface area (Å²) in [5, 5.41) is 23.1. The largest absolute Gasteiger partial charge is 0.502 e. The number of phenols is 1. The van der Waals surface area contributed by atoms with Crippen molar-refractivity contribution in [2.75, 3.05) is 0 Å². The Hall–Kier alpha value is -2.86. The van der Waals surface area contributed by atoms with E-state index < -0.39 is 10.7 Å². The molecule has 0 atom stereocenters. The van der Waals surface area contributed by atoms with E-state index in [0.29, 0.717) is 27.2 Å². The van der Waals surface area contributed by atoms with Crippen LogP contribution in [0.25, 0.3) is 11.0 Å². The Morgan fingerprint density at radius 3 is 2.69 bits per heavy atom. The lowest BCUT2D eigenvalue weighted by Crippen LogP contribution is -2.00. The molecular formula is C19H15ClN2O4. The van der Waals surface area contributed by atoms with Crippen molar-refractivity contribution >= 4 is 40.2 Å². The first-order valence-electron chi connectivity index (χ1n) is 8.29. The Morgan fingerprint density at radius 2 is 1.96 bits per heavy atom. The second-order valence-electron chi connectivity index (χ2n) is 6.23. The number of halogens is 1. The van der Waals surface area contributed by atoms with Crippen molar-refractivity contribution in [3.8, 4) is 5.75 Å². The summed E-state index contributed by atoms with van der Waals surface area (Å²) in [6.45, 7) is 0. The molecule has 132 valence electrons. The first-order valence-corrected chi connectivity index (χ1v) is 8.66. The van der Waals surface area contributed by atoms with E-state index in [1.807, 2.05) is 0 Å². The lowest BCUT2D eigenvalue weighted by molar-refractivity contribution is -0.385. The van der Waals surface area contributed by atoms with Gasteiger partial charge in [-0.25, -0.2) is 0 Å². The standard InChI is InChI=1S/C19H15ClN2O4/c20-11-5-7-12(8-6-11)21-10-14-18-13-3-1-2-4-16(13)26-17(18)9-15(19(14)23)22(24)25/h5-10,23H,1-4H2. The molecular weight excluding hydrogens is 356 g/mol. The summed E-state index contributed by atoms with van der Waals surface area (Å²) >= 11 is 5.87. The fourth-order valence-electron chi connectivity index (χ4n) is 3.36. The highest BCUT2D eigenvalue weighted by Gasteiger charge is 2.27. The second-order valence-corrected chi connectivity index (χ2v) is 6.67. The topological polar surface area (TPSA) is 88.9 Å².